The van der Waals surface area contributed by atoms with E-state index in [2.05, 4.69) is 10.9 Å². The van der Waals surface area contributed by atoms with Crippen LogP contribution in [0, 0.1) is 12.3 Å². The average Bonchev–Trinajstić information content (AvgIpc) is 2.68. The molecule has 7 heteroatoms. The summed E-state index contributed by atoms with van der Waals surface area (Å²) in [5.41, 5.74) is 0.567. The lowest BCUT2D eigenvalue weighted by atomic mass is 9.96. The van der Waals surface area contributed by atoms with E-state index in [9.17, 15) is 13.2 Å². The second kappa shape index (κ2) is 8.69. The highest BCUT2D eigenvalue weighted by atomic mass is 32.2. The first-order valence-electron chi connectivity index (χ1n) is 8.29. The molecule has 0 saturated carbocycles. The minimum absolute atomic E-state index is 0.0320. The number of hydrogen-bond acceptors (Lipinski definition) is 6. The number of nitrogens with zero attached hydrogens (tertiary/aromatic N) is 1. The Balaban J connectivity index is 2.64. The molecule has 6 nitrogen and oxygen atoms in total. The smallest absolute Gasteiger partial charge is 0.329 e. The fourth-order valence-electron chi connectivity index (χ4n) is 2.75. The van der Waals surface area contributed by atoms with Crippen LogP contribution in [0.5, 0.6) is 5.75 Å². The summed E-state index contributed by atoms with van der Waals surface area (Å²) in [7, 11) is -2.69. The maximum atomic E-state index is 13.5. The number of benzene rings is 1. The molecule has 27 heavy (non-hydrogen) atoms. The molecule has 0 fully saturated rings. The summed E-state index contributed by atoms with van der Waals surface area (Å²) in [5.74, 6) is 1.97. The summed E-state index contributed by atoms with van der Waals surface area (Å²) in [6.07, 6.45) is 8.07. The van der Waals surface area contributed by atoms with Gasteiger partial charge in [-0.15, -0.1) is 12.3 Å². The first-order valence-corrected chi connectivity index (χ1v) is 9.78. The molecule has 0 amide bonds. The number of sulfone groups is 1. The second-order valence-corrected chi connectivity index (χ2v) is 8.07. The zero-order valence-electron chi connectivity index (χ0n) is 15.2. The van der Waals surface area contributed by atoms with Gasteiger partial charge in [0.15, 0.2) is 14.6 Å². The van der Waals surface area contributed by atoms with Crippen molar-refractivity contribution in [1.82, 2.24) is 4.98 Å². The molecule has 0 spiro atoms. The van der Waals surface area contributed by atoms with Gasteiger partial charge in [-0.25, -0.2) is 8.42 Å². The molecule has 2 rings (SSSR count). The van der Waals surface area contributed by atoms with E-state index < -0.39 is 20.6 Å². The van der Waals surface area contributed by atoms with E-state index in [0.717, 1.165) is 0 Å². The number of terminal acetylenes is 1. The number of ether oxygens (including phenoxy) is 2. The van der Waals surface area contributed by atoms with Crippen molar-refractivity contribution in [3.63, 3.8) is 0 Å². The largest absolute Gasteiger partial charge is 0.497 e. The molecule has 2 aromatic rings. The average molecular weight is 387 g/mol. The van der Waals surface area contributed by atoms with Crippen molar-refractivity contribution in [2.24, 2.45) is 0 Å². The predicted octanol–water partition coefficient (Wildman–Crippen LogP) is 2.43. The van der Waals surface area contributed by atoms with Gasteiger partial charge in [-0.05, 0) is 42.8 Å². The van der Waals surface area contributed by atoms with Gasteiger partial charge in [0.1, 0.15) is 5.75 Å². The molecule has 142 valence electrons. The van der Waals surface area contributed by atoms with E-state index >= 15 is 0 Å². The minimum atomic E-state index is -4.17. The highest BCUT2D eigenvalue weighted by molar-refractivity contribution is 7.93. The SMILES string of the molecule is C#CCC(Cc1cccnc1)(C(=O)OCC)S(=O)(=O)c1ccc(OC)cc1. The minimum Gasteiger partial charge on any atom is -0.497 e. The van der Waals surface area contributed by atoms with Gasteiger partial charge >= 0.3 is 5.97 Å². The Labute approximate surface area is 159 Å². The van der Waals surface area contributed by atoms with Crippen LogP contribution in [-0.4, -0.2) is 37.8 Å². The molecule has 0 aliphatic heterocycles. The molecule has 0 radical (unpaired) electrons. The maximum Gasteiger partial charge on any atom is 0.329 e. The van der Waals surface area contributed by atoms with Crippen molar-refractivity contribution in [2.75, 3.05) is 13.7 Å². The molecule has 1 heterocycles. The van der Waals surface area contributed by atoms with Gasteiger partial charge in [-0.2, -0.15) is 0 Å². The Kier molecular flexibility index (Phi) is 6.59. The van der Waals surface area contributed by atoms with E-state index in [-0.39, 0.29) is 24.3 Å². The van der Waals surface area contributed by atoms with Crippen LogP contribution in [-0.2, 0) is 25.8 Å². The zero-order chi connectivity index (χ0) is 19.9. The van der Waals surface area contributed by atoms with E-state index in [0.29, 0.717) is 11.3 Å². The molecule has 0 bridgehead atoms. The molecule has 0 aliphatic carbocycles. The molecule has 0 aliphatic rings. The highest BCUT2D eigenvalue weighted by Crippen LogP contribution is 2.34. The van der Waals surface area contributed by atoms with Gasteiger partial charge in [0.2, 0.25) is 0 Å². The van der Waals surface area contributed by atoms with Gasteiger partial charge in [0.25, 0.3) is 0 Å². The Morgan fingerprint density at radius 1 is 1.26 bits per heavy atom. The van der Waals surface area contributed by atoms with Gasteiger partial charge < -0.3 is 9.47 Å². The first-order chi connectivity index (χ1) is 12.9. The van der Waals surface area contributed by atoms with E-state index in [1.54, 1.807) is 25.3 Å². The highest BCUT2D eigenvalue weighted by Gasteiger charge is 2.52. The van der Waals surface area contributed by atoms with Crippen LogP contribution in [0.4, 0.5) is 0 Å². The summed E-state index contributed by atoms with van der Waals surface area (Å²) in [6, 6.07) is 9.18. The van der Waals surface area contributed by atoms with Crippen LogP contribution in [0.15, 0.2) is 53.7 Å². The maximum absolute atomic E-state index is 13.5. The summed E-state index contributed by atoms with van der Waals surface area (Å²) in [5, 5.41) is 0. The molecular weight excluding hydrogens is 366 g/mol. The van der Waals surface area contributed by atoms with Gasteiger partial charge in [-0.1, -0.05) is 6.07 Å². The van der Waals surface area contributed by atoms with Crippen molar-refractivity contribution in [3.05, 3.63) is 54.4 Å². The number of methoxy groups -OCH3 is 1. The summed E-state index contributed by atoms with van der Waals surface area (Å²) in [6.45, 7) is 1.65. The molecule has 0 saturated heterocycles. The van der Waals surface area contributed by atoms with Crippen molar-refractivity contribution < 1.29 is 22.7 Å². The van der Waals surface area contributed by atoms with Crippen LogP contribution in [0.3, 0.4) is 0 Å². The standard InChI is InChI=1S/C20H21NO5S/c1-4-12-20(19(22)26-5-2,14-16-7-6-13-21-15-16)27(23,24)18-10-8-17(25-3)9-11-18/h1,6-11,13,15H,5,12,14H2,2-3H3. The van der Waals surface area contributed by atoms with Crippen LogP contribution < -0.4 is 4.74 Å². The molecular formula is C20H21NO5S. The Morgan fingerprint density at radius 2 is 1.96 bits per heavy atom. The van der Waals surface area contributed by atoms with Crippen LogP contribution in [0.1, 0.15) is 18.9 Å². The van der Waals surface area contributed by atoms with Crippen LogP contribution in [0.2, 0.25) is 0 Å². The molecule has 1 atom stereocenters. The number of carbonyl (C=O) groups is 1. The normalized spacial score (nSPS) is 13.2. The van der Waals surface area contributed by atoms with Crippen molar-refractivity contribution in [1.29, 1.82) is 0 Å². The van der Waals surface area contributed by atoms with Gasteiger partial charge in [0, 0.05) is 25.2 Å². The van der Waals surface area contributed by atoms with Crippen molar-refractivity contribution in [3.8, 4) is 18.1 Å². The molecule has 1 aromatic heterocycles. The zero-order valence-corrected chi connectivity index (χ0v) is 16.0. The lowest BCUT2D eigenvalue weighted by Crippen LogP contribution is -2.49. The quantitative estimate of drug-likeness (QED) is 0.511. The first kappa shape index (κ1) is 20.5. The predicted molar refractivity (Wildman–Crippen MR) is 101 cm³/mol. The third kappa shape index (κ3) is 4.12. The fraction of sp³-hybridized carbons (Fsp3) is 0.300. The van der Waals surface area contributed by atoms with Crippen molar-refractivity contribution >= 4 is 15.8 Å². The molecule has 1 unspecified atom stereocenters. The lowest BCUT2D eigenvalue weighted by Gasteiger charge is -2.29. The van der Waals surface area contributed by atoms with Crippen LogP contribution >= 0.6 is 0 Å². The number of hydrogen-bond donors (Lipinski definition) is 0. The van der Waals surface area contributed by atoms with E-state index in [1.807, 2.05) is 0 Å². The topological polar surface area (TPSA) is 82.6 Å². The van der Waals surface area contributed by atoms with E-state index in [4.69, 9.17) is 15.9 Å². The van der Waals surface area contributed by atoms with Crippen LogP contribution in [0.25, 0.3) is 0 Å². The lowest BCUT2D eigenvalue weighted by molar-refractivity contribution is -0.146. The fourth-order valence-corrected chi connectivity index (χ4v) is 4.60. The number of carbonyl (C=O) groups excluding carboxylic acids is 1. The summed E-state index contributed by atoms with van der Waals surface area (Å²) >= 11 is 0. The number of pyridine rings is 1. The molecule has 1 aromatic carbocycles. The Hall–Kier alpha value is -2.85. The summed E-state index contributed by atoms with van der Waals surface area (Å²) in [4.78, 5) is 16.8. The second-order valence-electron chi connectivity index (χ2n) is 5.81. The van der Waals surface area contributed by atoms with Gasteiger partial charge in [0.05, 0.1) is 18.6 Å². The summed E-state index contributed by atoms with van der Waals surface area (Å²) < 4.78 is 35.3. The van der Waals surface area contributed by atoms with Gasteiger partial charge in [-0.3, -0.25) is 9.78 Å². The number of rotatable bonds is 8. The third-order valence-electron chi connectivity index (χ3n) is 4.13. The molecule has 0 N–H and O–H groups in total. The van der Waals surface area contributed by atoms with Crippen molar-refractivity contribution in [2.45, 2.75) is 29.4 Å². The van der Waals surface area contributed by atoms with E-state index in [1.165, 1.54) is 37.6 Å². The number of aromatic nitrogens is 1. The Morgan fingerprint density at radius 3 is 2.48 bits per heavy atom. The monoisotopic (exact) mass is 387 g/mol. The Bertz CT molecular complexity index is 917. The number of esters is 1. The third-order valence-corrected chi connectivity index (χ3v) is 6.51.